The third-order valence-corrected chi connectivity index (χ3v) is 4.70. The number of alkyl halides is 6. The Morgan fingerprint density at radius 3 is 1.47 bits per heavy atom. The summed E-state index contributed by atoms with van der Waals surface area (Å²) in [6, 6.07) is 14.3. The van der Waals surface area contributed by atoms with Gasteiger partial charge in [-0.25, -0.2) is 0 Å². The van der Waals surface area contributed by atoms with Crippen LogP contribution in [0.4, 0.5) is 26.3 Å². The fourth-order valence-corrected chi connectivity index (χ4v) is 3.18. The zero-order chi connectivity index (χ0) is 22.2. The van der Waals surface area contributed by atoms with E-state index in [1.54, 1.807) is 6.07 Å². The molecule has 0 aliphatic carbocycles. The van der Waals surface area contributed by atoms with E-state index in [-0.39, 0.29) is 17.2 Å². The summed E-state index contributed by atoms with van der Waals surface area (Å²) in [5.41, 5.74) is -5.63. The van der Waals surface area contributed by atoms with Gasteiger partial charge in [-0.2, -0.15) is 26.3 Å². The third-order valence-electron chi connectivity index (χ3n) is 4.70. The second-order valence-electron chi connectivity index (χ2n) is 6.60. The van der Waals surface area contributed by atoms with Crippen LogP contribution in [-0.4, -0.2) is 12.2 Å². The molecular formula is C22H16F6O2. The van der Waals surface area contributed by atoms with Gasteiger partial charge in [-0.15, -0.1) is 0 Å². The zero-order valence-electron chi connectivity index (χ0n) is 15.6. The number of aliphatic hydroxyl groups is 1. The molecule has 0 saturated heterocycles. The molecule has 0 bridgehead atoms. The normalized spacial score (nSPS) is 14.3. The average molecular weight is 426 g/mol. The number of hydrogen-bond acceptors (Lipinski definition) is 2. The van der Waals surface area contributed by atoms with E-state index in [2.05, 4.69) is 0 Å². The topological polar surface area (TPSA) is 29.5 Å². The van der Waals surface area contributed by atoms with E-state index >= 15 is 0 Å². The van der Waals surface area contributed by atoms with Crippen LogP contribution in [0.5, 0.6) is 5.75 Å². The summed E-state index contributed by atoms with van der Waals surface area (Å²) in [7, 11) is 1.40. The Balaban J connectivity index is 2.34. The molecule has 0 unspecified atom stereocenters. The maximum atomic E-state index is 13.4. The lowest BCUT2D eigenvalue weighted by Gasteiger charge is -2.31. The minimum absolute atomic E-state index is 0.0307. The van der Waals surface area contributed by atoms with E-state index in [1.165, 1.54) is 55.6 Å². The first-order chi connectivity index (χ1) is 14.0. The van der Waals surface area contributed by atoms with E-state index in [0.29, 0.717) is 17.9 Å². The lowest BCUT2D eigenvalue weighted by Crippen LogP contribution is -2.30. The molecule has 1 N–H and O–H groups in total. The van der Waals surface area contributed by atoms with Gasteiger partial charge in [0, 0.05) is 0 Å². The second kappa shape index (κ2) is 7.68. The van der Waals surface area contributed by atoms with Crippen molar-refractivity contribution in [3.05, 3.63) is 101 Å². The molecule has 0 aliphatic heterocycles. The van der Waals surface area contributed by atoms with Crippen molar-refractivity contribution >= 4 is 0 Å². The molecule has 3 aromatic carbocycles. The minimum atomic E-state index is -5.03. The van der Waals surface area contributed by atoms with Gasteiger partial charge in [0.05, 0.1) is 18.2 Å². The zero-order valence-corrected chi connectivity index (χ0v) is 15.6. The Morgan fingerprint density at radius 2 is 1.03 bits per heavy atom. The maximum absolute atomic E-state index is 13.4. The number of ether oxygens (including phenoxy) is 1. The standard InChI is InChI=1S/C22H16F6O2/c1-30-19-9-7-15(8-10-19)20(29,14-5-3-2-4-6-14)16-11-17(21(23,24)25)13-18(12-16)22(26,27)28/h2-13,29H,1H3/t20-/m0/s1. The van der Waals surface area contributed by atoms with Gasteiger partial charge < -0.3 is 9.84 Å². The van der Waals surface area contributed by atoms with Crippen molar-refractivity contribution in [2.75, 3.05) is 7.11 Å². The molecule has 2 nitrogen and oxygen atoms in total. The quantitative estimate of drug-likeness (QED) is 0.409. The summed E-state index contributed by atoms with van der Waals surface area (Å²) in [4.78, 5) is 0. The molecule has 0 spiro atoms. The fraction of sp³-hybridized carbons (Fsp3) is 0.182. The van der Waals surface area contributed by atoms with E-state index < -0.39 is 34.6 Å². The molecule has 0 aromatic heterocycles. The highest BCUT2D eigenvalue weighted by atomic mass is 19.4. The molecular weight excluding hydrogens is 410 g/mol. The lowest BCUT2D eigenvalue weighted by atomic mass is 9.79. The molecule has 0 amide bonds. The molecule has 0 saturated carbocycles. The highest BCUT2D eigenvalue weighted by Gasteiger charge is 2.41. The van der Waals surface area contributed by atoms with Crippen molar-refractivity contribution in [1.82, 2.24) is 0 Å². The summed E-state index contributed by atoms with van der Waals surface area (Å²) >= 11 is 0. The molecule has 158 valence electrons. The Bertz CT molecular complexity index is 978. The van der Waals surface area contributed by atoms with Crippen LogP contribution in [0.2, 0.25) is 0 Å². The van der Waals surface area contributed by atoms with Gasteiger partial charge >= 0.3 is 12.4 Å². The van der Waals surface area contributed by atoms with Crippen molar-refractivity contribution in [3.8, 4) is 5.75 Å². The van der Waals surface area contributed by atoms with E-state index in [1.807, 2.05) is 0 Å². The molecule has 30 heavy (non-hydrogen) atoms. The summed E-state index contributed by atoms with van der Waals surface area (Å²) in [5, 5.41) is 11.6. The molecule has 0 fully saturated rings. The first-order valence-electron chi connectivity index (χ1n) is 8.68. The predicted octanol–water partition coefficient (Wildman–Crippen LogP) is 6.02. The summed E-state index contributed by atoms with van der Waals surface area (Å²) < 4.78 is 85.2. The molecule has 1 atom stereocenters. The van der Waals surface area contributed by atoms with Crippen LogP contribution in [0.15, 0.2) is 72.8 Å². The molecule has 3 aromatic rings. The first kappa shape index (κ1) is 21.7. The van der Waals surface area contributed by atoms with Crippen molar-refractivity contribution in [2.24, 2.45) is 0 Å². The lowest BCUT2D eigenvalue weighted by molar-refractivity contribution is -0.143. The summed E-state index contributed by atoms with van der Waals surface area (Å²) in [6.45, 7) is 0. The first-order valence-corrected chi connectivity index (χ1v) is 8.68. The van der Waals surface area contributed by atoms with E-state index in [9.17, 15) is 31.4 Å². The Hall–Kier alpha value is -3.00. The largest absolute Gasteiger partial charge is 0.497 e. The van der Waals surface area contributed by atoms with Crippen LogP contribution >= 0.6 is 0 Å². The Labute approximate surface area is 168 Å². The SMILES string of the molecule is COc1ccc([C@@](O)(c2ccccc2)c2cc(C(F)(F)F)cc(C(F)(F)F)c2)cc1. The van der Waals surface area contributed by atoms with Crippen molar-refractivity contribution in [3.63, 3.8) is 0 Å². The molecule has 3 rings (SSSR count). The number of hydrogen-bond donors (Lipinski definition) is 1. The molecule has 0 radical (unpaired) electrons. The monoisotopic (exact) mass is 426 g/mol. The molecule has 0 heterocycles. The maximum Gasteiger partial charge on any atom is 0.416 e. The van der Waals surface area contributed by atoms with Crippen LogP contribution in [0.3, 0.4) is 0 Å². The summed E-state index contributed by atoms with van der Waals surface area (Å²) in [6.07, 6.45) is -10.1. The van der Waals surface area contributed by atoms with Crippen LogP contribution < -0.4 is 4.74 Å². The fourth-order valence-electron chi connectivity index (χ4n) is 3.18. The minimum Gasteiger partial charge on any atom is -0.497 e. The van der Waals surface area contributed by atoms with E-state index in [0.717, 1.165) is 0 Å². The van der Waals surface area contributed by atoms with Crippen LogP contribution in [0.1, 0.15) is 27.8 Å². The van der Waals surface area contributed by atoms with Gasteiger partial charge in [-0.1, -0.05) is 42.5 Å². The second-order valence-corrected chi connectivity index (χ2v) is 6.60. The smallest absolute Gasteiger partial charge is 0.416 e. The molecule has 0 aliphatic rings. The van der Waals surface area contributed by atoms with Crippen molar-refractivity contribution in [1.29, 1.82) is 0 Å². The Morgan fingerprint density at radius 1 is 0.600 bits per heavy atom. The van der Waals surface area contributed by atoms with Gasteiger partial charge in [-0.3, -0.25) is 0 Å². The van der Waals surface area contributed by atoms with Crippen LogP contribution in [0.25, 0.3) is 0 Å². The number of methoxy groups -OCH3 is 1. The van der Waals surface area contributed by atoms with Gasteiger partial charge in [0.2, 0.25) is 0 Å². The van der Waals surface area contributed by atoms with Crippen LogP contribution in [-0.2, 0) is 18.0 Å². The highest BCUT2D eigenvalue weighted by molar-refractivity contribution is 5.50. The number of halogens is 6. The van der Waals surface area contributed by atoms with E-state index in [4.69, 9.17) is 4.74 Å². The number of rotatable bonds is 4. The molecule has 8 heteroatoms. The average Bonchev–Trinajstić information content (AvgIpc) is 2.72. The van der Waals surface area contributed by atoms with Crippen LogP contribution in [0, 0.1) is 0 Å². The summed E-state index contributed by atoms with van der Waals surface area (Å²) in [5.74, 6) is 0.411. The van der Waals surface area contributed by atoms with Gasteiger partial charge in [0.1, 0.15) is 11.4 Å². The Kier molecular flexibility index (Phi) is 5.56. The van der Waals surface area contributed by atoms with Crippen molar-refractivity contribution < 1.29 is 36.2 Å². The highest BCUT2D eigenvalue weighted by Crippen LogP contribution is 2.43. The predicted molar refractivity (Wildman–Crippen MR) is 98.0 cm³/mol. The van der Waals surface area contributed by atoms with Crippen molar-refractivity contribution in [2.45, 2.75) is 18.0 Å². The number of benzene rings is 3. The third kappa shape index (κ3) is 4.14. The van der Waals surface area contributed by atoms with Gasteiger partial charge in [0.15, 0.2) is 0 Å². The van der Waals surface area contributed by atoms with Gasteiger partial charge in [0.25, 0.3) is 0 Å². The van der Waals surface area contributed by atoms with Gasteiger partial charge in [-0.05, 0) is 47.0 Å².